The number of aromatic nitrogens is 1. The van der Waals surface area contributed by atoms with Gasteiger partial charge in [-0.15, -0.1) is 0 Å². The summed E-state index contributed by atoms with van der Waals surface area (Å²) in [5.74, 6) is 0.945. The summed E-state index contributed by atoms with van der Waals surface area (Å²) in [6.45, 7) is 0.741. The Hall–Kier alpha value is -1.39. The number of hydrogen-bond acceptors (Lipinski definition) is 3. The molecule has 1 atom stereocenters. The van der Waals surface area contributed by atoms with E-state index in [1.54, 1.807) is 12.4 Å². The van der Waals surface area contributed by atoms with Gasteiger partial charge in [-0.1, -0.05) is 6.07 Å². The largest absolute Gasteiger partial charge is 0.493 e. The number of ether oxygens (including phenoxy) is 1. The summed E-state index contributed by atoms with van der Waals surface area (Å²) in [5, 5.41) is 10.3. The topological polar surface area (TPSA) is 42.4 Å². The van der Waals surface area contributed by atoms with Gasteiger partial charge in [-0.05, 0) is 50.8 Å². The SMILES string of the molecule is OC(Cc1cncc(Br)c1)c1ccc2c(c1)CCO2. The van der Waals surface area contributed by atoms with Gasteiger partial charge in [0, 0.05) is 29.7 Å². The molecule has 0 saturated heterocycles. The van der Waals surface area contributed by atoms with Crippen LogP contribution in [0.25, 0.3) is 0 Å². The molecular formula is C15H14BrNO2. The summed E-state index contributed by atoms with van der Waals surface area (Å²) in [6, 6.07) is 7.89. The molecule has 1 unspecified atom stereocenters. The molecule has 1 aromatic heterocycles. The molecule has 98 valence electrons. The van der Waals surface area contributed by atoms with Crippen LogP contribution in [-0.2, 0) is 12.8 Å². The number of halogens is 1. The van der Waals surface area contributed by atoms with Crippen molar-refractivity contribution in [3.63, 3.8) is 0 Å². The van der Waals surface area contributed by atoms with Crippen molar-refractivity contribution in [1.82, 2.24) is 4.98 Å². The van der Waals surface area contributed by atoms with Gasteiger partial charge in [-0.2, -0.15) is 0 Å². The Morgan fingerprint density at radius 2 is 2.21 bits per heavy atom. The predicted molar refractivity (Wildman–Crippen MR) is 76.2 cm³/mol. The molecule has 0 aliphatic carbocycles. The van der Waals surface area contributed by atoms with Crippen LogP contribution in [0.2, 0.25) is 0 Å². The molecule has 0 radical (unpaired) electrons. The quantitative estimate of drug-likeness (QED) is 0.945. The van der Waals surface area contributed by atoms with E-state index >= 15 is 0 Å². The maximum atomic E-state index is 10.3. The van der Waals surface area contributed by atoms with Gasteiger partial charge < -0.3 is 9.84 Å². The van der Waals surface area contributed by atoms with Gasteiger partial charge in [0.05, 0.1) is 12.7 Å². The minimum Gasteiger partial charge on any atom is -0.493 e. The summed E-state index contributed by atoms with van der Waals surface area (Å²) >= 11 is 3.39. The Balaban J connectivity index is 1.78. The van der Waals surface area contributed by atoms with E-state index in [4.69, 9.17) is 4.74 Å². The van der Waals surface area contributed by atoms with Crippen LogP contribution in [-0.4, -0.2) is 16.7 Å². The standard InChI is InChI=1S/C15H14BrNO2/c16-13-5-10(8-17-9-13)6-14(18)11-1-2-15-12(7-11)3-4-19-15/h1-2,5,7-9,14,18H,3-4,6H2. The summed E-state index contributed by atoms with van der Waals surface area (Å²) in [5.41, 5.74) is 3.13. The van der Waals surface area contributed by atoms with Crippen LogP contribution in [0.5, 0.6) is 5.75 Å². The number of hydrogen-bond donors (Lipinski definition) is 1. The maximum absolute atomic E-state index is 10.3. The lowest BCUT2D eigenvalue weighted by atomic mass is 10.00. The molecule has 3 rings (SSSR count). The van der Waals surface area contributed by atoms with Gasteiger partial charge in [-0.3, -0.25) is 4.98 Å². The molecule has 19 heavy (non-hydrogen) atoms. The molecule has 0 bridgehead atoms. The fourth-order valence-electron chi connectivity index (χ4n) is 2.32. The molecule has 1 N–H and O–H groups in total. The van der Waals surface area contributed by atoms with Crippen LogP contribution in [0.4, 0.5) is 0 Å². The number of aliphatic hydroxyl groups excluding tert-OH is 1. The highest BCUT2D eigenvalue weighted by molar-refractivity contribution is 9.10. The lowest BCUT2D eigenvalue weighted by Gasteiger charge is -2.12. The van der Waals surface area contributed by atoms with Gasteiger partial charge >= 0.3 is 0 Å². The number of benzene rings is 1. The third kappa shape index (κ3) is 2.80. The molecule has 0 spiro atoms. The van der Waals surface area contributed by atoms with Crippen LogP contribution in [0.3, 0.4) is 0 Å². The van der Waals surface area contributed by atoms with E-state index in [0.717, 1.165) is 34.4 Å². The molecule has 1 aromatic carbocycles. The second kappa shape index (κ2) is 5.31. The summed E-state index contributed by atoms with van der Waals surface area (Å²) in [6.07, 6.45) is 4.50. The fourth-order valence-corrected chi connectivity index (χ4v) is 2.73. The van der Waals surface area contributed by atoms with E-state index in [0.29, 0.717) is 6.42 Å². The fraction of sp³-hybridized carbons (Fsp3) is 0.267. The molecule has 0 saturated carbocycles. The summed E-state index contributed by atoms with van der Waals surface area (Å²) in [4.78, 5) is 4.11. The Bertz CT molecular complexity index is 600. The number of pyridine rings is 1. The lowest BCUT2D eigenvalue weighted by molar-refractivity contribution is 0.178. The first kappa shape index (κ1) is 12.6. The summed E-state index contributed by atoms with van der Waals surface area (Å²) < 4.78 is 6.40. The Morgan fingerprint density at radius 3 is 3.05 bits per heavy atom. The van der Waals surface area contributed by atoms with Gasteiger partial charge in [0.25, 0.3) is 0 Å². The minimum absolute atomic E-state index is 0.512. The van der Waals surface area contributed by atoms with Crippen LogP contribution in [0.15, 0.2) is 41.1 Å². The first-order valence-corrected chi connectivity index (χ1v) is 7.05. The van der Waals surface area contributed by atoms with Crippen molar-refractivity contribution < 1.29 is 9.84 Å². The van der Waals surface area contributed by atoms with E-state index in [9.17, 15) is 5.11 Å². The van der Waals surface area contributed by atoms with Gasteiger partial charge in [0.2, 0.25) is 0 Å². The molecule has 4 heteroatoms. The van der Waals surface area contributed by atoms with Crippen LogP contribution in [0.1, 0.15) is 22.8 Å². The minimum atomic E-state index is -0.512. The number of fused-ring (bicyclic) bond motifs is 1. The van der Waals surface area contributed by atoms with Crippen molar-refractivity contribution in [1.29, 1.82) is 0 Å². The highest BCUT2D eigenvalue weighted by Crippen LogP contribution is 2.29. The van der Waals surface area contributed by atoms with Gasteiger partial charge in [0.15, 0.2) is 0 Å². The van der Waals surface area contributed by atoms with Gasteiger partial charge in [0.1, 0.15) is 5.75 Å². The van der Waals surface area contributed by atoms with E-state index in [-0.39, 0.29) is 0 Å². The van der Waals surface area contributed by atoms with Crippen molar-refractivity contribution in [3.05, 3.63) is 57.8 Å². The molecule has 0 amide bonds. The highest BCUT2D eigenvalue weighted by Gasteiger charge is 2.15. The molecule has 0 fully saturated rings. The monoisotopic (exact) mass is 319 g/mol. The van der Waals surface area contributed by atoms with E-state index in [2.05, 4.69) is 20.9 Å². The third-order valence-corrected chi connectivity index (χ3v) is 3.72. The maximum Gasteiger partial charge on any atom is 0.122 e. The predicted octanol–water partition coefficient (Wildman–Crippen LogP) is 3.06. The first-order valence-electron chi connectivity index (χ1n) is 6.25. The van der Waals surface area contributed by atoms with Crippen LogP contribution in [0, 0.1) is 0 Å². The van der Waals surface area contributed by atoms with Crippen molar-refractivity contribution >= 4 is 15.9 Å². The second-order valence-electron chi connectivity index (χ2n) is 4.70. The molecule has 1 aliphatic rings. The summed E-state index contributed by atoms with van der Waals surface area (Å²) in [7, 11) is 0. The highest BCUT2D eigenvalue weighted by atomic mass is 79.9. The normalized spacial score (nSPS) is 14.8. The molecular weight excluding hydrogens is 306 g/mol. The van der Waals surface area contributed by atoms with Crippen LogP contribution >= 0.6 is 15.9 Å². The number of nitrogens with zero attached hydrogens (tertiary/aromatic N) is 1. The zero-order valence-corrected chi connectivity index (χ0v) is 11.9. The van der Waals surface area contributed by atoms with Crippen LogP contribution < -0.4 is 4.74 Å². The zero-order valence-electron chi connectivity index (χ0n) is 10.3. The van der Waals surface area contributed by atoms with Crippen molar-refractivity contribution in [2.75, 3.05) is 6.61 Å². The average Bonchev–Trinajstić information content (AvgIpc) is 2.85. The zero-order chi connectivity index (χ0) is 13.2. The van der Waals surface area contributed by atoms with Crippen molar-refractivity contribution in [2.45, 2.75) is 18.9 Å². The number of aliphatic hydroxyl groups is 1. The Labute approximate surface area is 120 Å². The molecule has 3 nitrogen and oxygen atoms in total. The molecule has 1 aliphatic heterocycles. The molecule has 2 heterocycles. The average molecular weight is 320 g/mol. The van der Waals surface area contributed by atoms with E-state index in [1.807, 2.05) is 24.3 Å². The van der Waals surface area contributed by atoms with E-state index < -0.39 is 6.10 Å². The first-order chi connectivity index (χ1) is 9.22. The molecule has 2 aromatic rings. The van der Waals surface area contributed by atoms with Crippen molar-refractivity contribution in [3.8, 4) is 5.75 Å². The Morgan fingerprint density at radius 1 is 1.32 bits per heavy atom. The van der Waals surface area contributed by atoms with E-state index in [1.165, 1.54) is 5.56 Å². The lowest BCUT2D eigenvalue weighted by Crippen LogP contribution is -2.02. The van der Waals surface area contributed by atoms with Gasteiger partial charge in [-0.25, -0.2) is 0 Å². The number of rotatable bonds is 3. The second-order valence-corrected chi connectivity index (χ2v) is 5.61. The third-order valence-electron chi connectivity index (χ3n) is 3.29. The smallest absolute Gasteiger partial charge is 0.122 e. The Kier molecular flexibility index (Phi) is 3.53. The van der Waals surface area contributed by atoms with Crippen molar-refractivity contribution in [2.24, 2.45) is 0 Å².